The Balaban J connectivity index is 1.49. The van der Waals surface area contributed by atoms with E-state index in [1.54, 1.807) is 13.0 Å². The fourth-order valence-electron chi connectivity index (χ4n) is 4.69. The molecule has 6 nitrogen and oxygen atoms in total. The highest BCUT2D eigenvalue weighted by molar-refractivity contribution is 5.73. The average molecular weight is 350 g/mol. The Kier molecular flexibility index (Phi) is 4.47. The molecule has 3 aliphatic heterocycles. The summed E-state index contributed by atoms with van der Waals surface area (Å²) in [5.74, 6) is -0.839. The van der Waals surface area contributed by atoms with Gasteiger partial charge in [0.15, 0.2) is 0 Å². The van der Waals surface area contributed by atoms with E-state index in [1.165, 1.54) is 12.3 Å². The van der Waals surface area contributed by atoms with Crippen LogP contribution < -0.4 is 0 Å². The highest BCUT2D eigenvalue weighted by atomic mass is 19.1. The van der Waals surface area contributed by atoms with Crippen LogP contribution in [0.4, 0.5) is 4.39 Å². The van der Waals surface area contributed by atoms with Crippen LogP contribution in [-0.4, -0.2) is 59.0 Å². The van der Waals surface area contributed by atoms with Gasteiger partial charge in [-0.1, -0.05) is 0 Å². The number of ether oxygens (including phenoxy) is 2. The van der Waals surface area contributed by atoms with E-state index >= 15 is 0 Å². The monoisotopic (exact) mass is 350 g/mol. The fourth-order valence-corrected chi connectivity index (χ4v) is 4.69. The highest BCUT2D eigenvalue weighted by Gasteiger charge is 2.58. The number of fused-ring (bicyclic) bond motifs is 4. The van der Waals surface area contributed by atoms with E-state index in [4.69, 9.17) is 9.47 Å². The summed E-state index contributed by atoms with van der Waals surface area (Å²) in [4.78, 5) is 18.0. The Morgan fingerprint density at radius 3 is 3.04 bits per heavy atom. The first-order valence-corrected chi connectivity index (χ1v) is 8.89. The minimum Gasteiger partial charge on any atom is -0.466 e. The van der Waals surface area contributed by atoms with Gasteiger partial charge in [0.2, 0.25) is 5.95 Å². The molecule has 0 saturated carbocycles. The molecule has 4 heterocycles. The molecule has 2 bridgehead atoms. The van der Waals surface area contributed by atoms with Crippen LogP contribution in [0.2, 0.25) is 0 Å². The molecule has 1 N–H and O–H groups in total. The standard InChI is InChI=1S/C18H23FN2O4/c1-2-24-18(23)11-6-14-16(22)12-8-21(9-13(12)17(11)25-14)7-10-3-4-20-15(19)5-10/h3-5,11-14,16-17,22H,2,6-9H2,1H3/t11-,12+,13-,14-,16-,17+/m0/s1. The van der Waals surface area contributed by atoms with Crippen LogP contribution in [0.1, 0.15) is 18.9 Å². The number of hydrogen-bond donors (Lipinski definition) is 1. The SMILES string of the molecule is CCOC(=O)[C@H]1C[C@@H]2O[C@H]1[C@H]1CN(Cc3ccnc(F)c3)C[C@H]1[C@@H]2O. The molecule has 136 valence electrons. The zero-order valence-electron chi connectivity index (χ0n) is 14.2. The minimum absolute atomic E-state index is 0.0786. The van der Waals surface area contributed by atoms with Crippen molar-refractivity contribution in [1.82, 2.24) is 9.88 Å². The highest BCUT2D eigenvalue weighted by Crippen LogP contribution is 2.47. The second-order valence-corrected chi connectivity index (χ2v) is 7.23. The average Bonchev–Trinajstić information content (AvgIpc) is 3.16. The number of carbonyl (C=O) groups is 1. The molecule has 6 atom stereocenters. The van der Waals surface area contributed by atoms with Gasteiger partial charge in [-0.15, -0.1) is 0 Å². The van der Waals surface area contributed by atoms with Gasteiger partial charge in [-0.2, -0.15) is 4.39 Å². The number of rotatable bonds is 4. The lowest BCUT2D eigenvalue weighted by Crippen LogP contribution is -2.46. The topological polar surface area (TPSA) is 71.9 Å². The lowest BCUT2D eigenvalue weighted by molar-refractivity contribution is -0.157. The molecule has 0 aliphatic carbocycles. The fraction of sp³-hybridized carbons (Fsp3) is 0.667. The van der Waals surface area contributed by atoms with Crippen LogP contribution in [-0.2, 0) is 20.8 Å². The number of halogens is 1. The molecule has 1 aromatic rings. The largest absolute Gasteiger partial charge is 0.466 e. The third kappa shape index (κ3) is 3.05. The molecule has 3 fully saturated rings. The first-order chi connectivity index (χ1) is 12.1. The second kappa shape index (κ2) is 6.63. The molecule has 3 saturated heterocycles. The van der Waals surface area contributed by atoms with E-state index in [-0.39, 0.29) is 35.9 Å². The van der Waals surface area contributed by atoms with Crippen molar-refractivity contribution in [3.63, 3.8) is 0 Å². The molecule has 0 amide bonds. The van der Waals surface area contributed by atoms with Crippen molar-refractivity contribution >= 4 is 5.97 Å². The molecule has 0 aromatic carbocycles. The van der Waals surface area contributed by atoms with E-state index in [0.717, 1.165) is 18.7 Å². The number of carbonyl (C=O) groups excluding carboxylic acids is 1. The van der Waals surface area contributed by atoms with Gasteiger partial charge in [-0.3, -0.25) is 9.69 Å². The van der Waals surface area contributed by atoms with Crippen LogP contribution >= 0.6 is 0 Å². The van der Waals surface area contributed by atoms with E-state index in [2.05, 4.69) is 9.88 Å². The van der Waals surface area contributed by atoms with Crippen molar-refractivity contribution in [2.75, 3.05) is 19.7 Å². The molecule has 7 heteroatoms. The Morgan fingerprint density at radius 2 is 2.28 bits per heavy atom. The molecule has 0 unspecified atom stereocenters. The van der Waals surface area contributed by atoms with Gasteiger partial charge < -0.3 is 14.6 Å². The number of esters is 1. The Morgan fingerprint density at radius 1 is 1.48 bits per heavy atom. The first-order valence-electron chi connectivity index (χ1n) is 8.89. The number of aliphatic hydroxyl groups is 1. The zero-order valence-corrected chi connectivity index (χ0v) is 14.2. The summed E-state index contributed by atoms with van der Waals surface area (Å²) in [6, 6.07) is 3.23. The summed E-state index contributed by atoms with van der Waals surface area (Å²) >= 11 is 0. The number of nitrogens with zero attached hydrogens (tertiary/aromatic N) is 2. The van der Waals surface area contributed by atoms with Crippen molar-refractivity contribution in [1.29, 1.82) is 0 Å². The molecule has 0 spiro atoms. The van der Waals surface area contributed by atoms with Crippen molar-refractivity contribution in [2.45, 2.75) is 38.2 Å². The number of aliphatic hydroxyl groups excluding tert-OH is 1. The second-order valence-electron chi connectivity index (χ2n) is 7.23. The summed E-state index contributed by atoms with van der Waals surface area (Å²) in [5.41, 5.74) is 0.855. The summed E-state index contributed by atoms with van der Waals surface area (Å²) in [5, 5.41) is 10.6. The molecular formula is C18H23FN2O4. The normalized spacial score (nSPS) is 37.1. The van der Waals surface area contributed by atoms with Gasteiger partial charge in [0.1, 0.15) is 0 Å². The van der Waals surface area contributed by atoms with Gasteiger partial charge in [0, 0.05) is 37.7 Å². The van der Waals surface area contributed by atoms with E-state index < -0.39 is 12.1 Å². The maximum Gasteiger partial charge on any atom is 0.311 e. The Bertz CT molecular complexity index is 658. The quantitative estimate of drug-likeness (QED) is 0.645. The molecule has 0 radical (unpaired) electrons. The number of hydrogen-bond acceptors (Lipinski definition) is 6. The van der Waals surface area contributed by atoms with Gasteiger partial charge in [0.05, 0.1) is 30.8 Å². The van der Waals surface area contributed by atoms with E-state index in [0.29, 0.717) is 19.6 Å². The third-order valence-electron chi connectivity index (χ3n) is 5.73. The van der Waals surface area contributed by atoms with Crippen LogP contribution in [0.15, 0.2) is 18.3 Å². The van der Waals surface area contributed by atoms with E-state index in [1.807, 2.05) is 0 Å². The van der Waals surface area contributed by atoms with Gasteiger partial charge in [0.25, 0.3) is 0 Å². The van der Waals surface area contributed by atoms with E-state index in [9.17, 15) is 14.3 Å². The molecule has 1 aromatic heterocycles. The lowest BCUT2D eigenvalue weighted by atomic mass is 9.83. The molecule has 3 aliphatic rings. The van der Waals surface area contributed by atoms with Gasteiger partial charge in [-0.05, 0) is 31.0 Å². The maximum absolute atomic E-state index is 13.3. The summed E-state index contributed by atoms with van der Waals surface area (Å²) in [6.45, 7) is 4.19. The summed E-state index contributed by atoms with van der Waals surface area (Å²) in [6.07, 6.45) is 0.938. The lowest BCUT2D eigenvalue weighted by Gasteiger charge is -2.36. The first kappa shape index (κ1) is 16.9. The number of pyridine rings is 1. The smallest absolute Gasteiger partial charge is 0.311 e. The third-order valence-corrected chi connectivity index (χ3v) is 5.73. The number of aromatic nitrogens is 1. The molecule has 25 heavy (non-hydrogen) atoms. The van der Waals surface area contributed by atoms with Gasteiger partial charge >= 0.3 is 5.97 Å². The predicted molar refractivity (Wildman–Crippen MR) is 85.9 cm³/mol. The van der Waals surface area contributed by atoms with Crippen LogP contribution in [0.5, 0.6) is 0 Å². The number of likely N-dealkylation sites (tertiary alicyclic amines) is 1. The van der Waals surface area contributed by atoms with Gasteiger partial charge in [-0.25, -0.2) is 4.98 Å². The summed E-state index contributed by atoms with van der Waals surface area (Å²) in [7, 11) is 0. The Hall–Kier alpha value is -1.57. The van der Waals surface area contributed by atoms with Crippen molar-refractivity contribution in [2.24, 2.45) is 17.8 Å². The minimum atomic E-state index is -0.570. The van der Waals surface area contributed by atoms with Crippen LogP contribution in [0, 0.1) is 23.7 Å². The summed E-state index contributed by atoms with van der Waals surface area (Å²) < 4.78 is 24.5. The molecule has 4 rings (SSSR count). The van der Waals surface area contributed by atoms with Crippen LogP contribution in [0.25, 0.3) is 0 Å². The molecular weight excluding hydrogens is 327 g/mol. The maximum atomic E-state index is 13.3. The zero-order chi connectivity index (χ0) is 17.6. The predicted octanol–water partition coefficient (Wildman–Crippen LogP) is 0.980. The van der Waals surface area contributed by atoms with Crippen LogP contribution in [0.3, 0.4) is 0 Å². The van der Waals surface area contributed by atoms with Crippen molar-refractivity contribution < 1.29 is 23.8 Å². The van der Waals surface area contributed by atoms with Crippen molar-refractivity contribution in [3.05, 3.63) is 29.8 Å². The van der Waals surface area contributed by atoms with Crippen molar-refractivity contribution in [3.8, 4) is 0 Å². The Labute approximate surface area is 145 Å².